The smallest absolute Gasteiger partial charge is 0.543 e. The second-order valence-electron chi connectivity index (χ2n) is 13.9. The Bertz CT molecular complexity index is 1920. The number of rotatable bonds is 30. The highest BCUT2D eigenvalue weighted by Gasteiger charge is 2.41. The largest absolute Gasteiger partial charge is 0.572 e. The third-order valence-corrected chi connectivity index (χ3v) is 10.3. The van der Waals surface area contributed by atoms with Crippen LogP contribution in [0.4, 0.5) is 0 Å². The summed E-state index contributed by atoms with van der Waals surface area (Å²) in [6, 6.07) is 14.0. The molecule has 0 aliphatic heterocycles. The summed E-state index contributed by atoms with van der Waals surface area (Å²) < 4.78 is 31.1. The maximum Gasteiger partial charge on any atom is 0.572 e. The molecule has 63 heavy (non-hydrogen) atoms. The summed E-state index contributed by atoms with van der Waals surface area (Å²) in [6.45, 7) is 6.44. The molecule has 1 aromatic heterocycles. The van der Waals surface area contributed by atoms with Gasteiger partial charge in [0.05, 0.1) is 43.8 Å². The summed E-state index contributed by atoms with van der Waals surface area (Å²) in [7, 11) is 0.643. The fourth-order valence-electron chi connectivity index (χ4n) is 6.13. The van der Waals surface area contributed by atoms with Crippen LogP contribution in [0.25, 0.3) is 11.3 Å². The Morgan fingerprint density at radius 3 is 2.32 bits per heavy atom. The molecule has 0 fully saturated rings. The Kier molecular flexibility index (Phi) is 22.8. The van der Waals surface area contributed by atoms with Crippen LogP contribution in [0.5, 0.6) is 5.75 Å². The molecule has 0 unspecified atom stereocenters. The molecule has 21 heteroatoms. The predicted molar refractivity (Wildman–Crippen MR) is 229 cm³/mol. The topological polar surface area (TPSA) is 251 Å². The van der Waals surface area contributed by atoms with Crippen LogP contribution in [0.15, 0.2) is 65.1 Å². The fraction of sp³-hybridized carbons (Fsp3) is 0.476. The summed E-state index contributed by atoms with van der Waals surface area (Å²) >= 11 is 0. The van der Waals surface area contributed by atoms with Crippen LogP contribution in [0.1, 0.15) is 106 Å². The van der Waals surface area contributed by atoms with Gasteiger partial charge in [-0.25, -0.2) is 14.7 Å². The molecular formula is C42H57BN4O15P+. The fourth-order valence-corrected chi connectivity index (χ4v) is 6.70. The molecule has 4 amide bonds. The van der Waals surface area contributed by atoms with E-state index >= 15 is 0 Å². The van der Waals surface area contributed by atoms with Gasteiger partial charge in [-0.15, -0.1) is 9.05 Å². The van der Waals surface area contributed by atoms with Crippen LogP contribution < -0.4 is 20.7 Å². The molecule has 19 nitrogen and oxygen atoms in total. The van der Waals surface area contributed by atoms with Gasteiger partial charge in [0.25, 0.3) is 17.8 Å². The van der Waals surface area contributed by atoms with E-state index in [0.29, 0.717) is 36.8 Å². The van der Waals surface area contributed by atoms with Crippen molar-refractivity contribution in [2.24, 2.45) is 5.92 Å². The van der Waals surface area contributed by atoms with Crippen molar-refractivity contribution in [1.82, 2.24) is 21.0 Å². The molecule has 3 aromatic rings. The number of amides is 4. The van der Waals surface area contributed by atoms with E-state index in [2.05, 4.69) is 20.6 Å². The molecule has 0 saturated carbocycles. The minimum absolute atomic E-state index is 0.0330. The van der Waals surface area contributed by atoms with Gasteiger partial charge in [0, 0.05) is 5.56 Å². The molecule has 0 saturated heterocycles. The third-order valence-electron chi connectivity index (χ3n) is 9.42. The van der Waals surface area contributed by atoms with Gasteiger partial charge < -0.3 is 34.5 Å². The molecule has 2 radical (unpaired) electrons. The summed E-state index contributed by atoms with van der Waals surface area (Å²) in [5.74, 6) is -4.17. The third kappa shape index (κ3) is 17.4. The number of esters is 1. The zero-order valence-electron chi connectivity index (χ0n) is 35.9. The molecule has 0 aliphatic carbocycles. The number of ether oxygens (including phenoxy) is 2. The van der Waals surface area contributed by atoms with E-state index in [0.717, 1.165) is 24.3 Å². The number of carbonyl (C=O) groups excluding carboxylic acids is 6. The van der Waals surface area contributed by atoms with Gasteiger partial charge in [0.2, 0.25) is 19.1 Å². The number of hydroxylamine groups is 2. The van der Waals surface area contributed by atoms with Crippen LogP contribution in [-0.4, -0.2) is 97.7 Å². The summed E-state index contributed by atoms with van der Waals surface area (Å²) in [6.07, 6.45) is 4.15. The van der Waals surface area contributed by atoms with Crippen molar-refractivity contribution in [3.63, 3.8) is 0 Å². The van der Waals surface area contributed by atoms with Crippen molar-refractivity contribution >= 4 is 52.3 Å². The monoisotopic (exact) mass is 899 g/mol. The number of unbranched alkanes of at least 4 members (excludes halogenated alkanes) is 3. The van der Waals surface area contributed by atoms with Crippen molar-refractivity contribution in [3.05, 3.63) is 77.6 Å². The molecule has 342 valence electrons. The highest BCUT2D eigenvalue weighted by molar-refractivity contribution is 7.54. The van der Waals surface area contributed by atoms with E-state index in [4.69, 9.17) is 35.8 Å². The lowest BCUT2D eigenvalue weighted by molar-refractivity contribution is -0.223. The molecule has 5 N–H and O–H groups in total. The first-order valence-electron chi connectivity index (χ1n) is 20.6. The highest BCUT2D eigenvalue weighted by atomic mass is 31.2. The number of hydrogen-bond donors (Lipinski definition) is 5. The Morgan fingerprint density at radius 1 is 0.905 bits per heavy atom. The quantitative estimate of drug-likeness (QED) is 0.0114. The van der Waals surface area contributed by atoms with Gasteiger partial charge in [-0.2, -0.15) is 9.79 Å². The van der Waals surface area contributed by atoms with Crippen molar-refractivity contribution in [3.8, 4) is 17.1 Å². The number of furan rings is 1. The zero-order valence-corrected chi connectivity index (χ0v) is 36.8. The minimum atomic E-state index is -4.31. The number of nitrogens with one attached hydrogen (secondary N) is 3. The summed E-state index contributed by atoms with van der Waals surface area (Å²) in [5.41, 5.74) is 1.14. The normalized spacial score (nSPS) is 12.6. The molecule has 0 bridgehead atoms. The van der Waals surface area contributed by atoms with Gasteiger partial charge in [0.1, 0.15) is 24.2 Å². The lowest BCUT2D eigenvalue weighted by Crippen LogP contribution is -2.48. The van der Waals surface area contributed by atoms with Crippen LogP contribution >= 0.6 is 8.17 Å². The first-order chi connectivity index (χ1) is 30.3. The van der Waals surface area contributed by atoms with Gasteiger partial charge in [0.15, 0.2) is 5.76 Å². The number of hydrogen-bond acceptors (Lipinski definition) is 15. The second-order valence-corrected chi connectivity index (χ2v) is 15.4. The molecule has 0 spiro atoms. The first kappa shape index (κ1) is 52.0. The number of carbonyl (C=O) groups is 6. The van der Waals surface area contributed by atoms with Crippen LogP contribution in [-0.2, 0) is 49.1 Å². The molecule has 2 aromatic carbocycles. The van der Waals surface area contributed by atoms with Gasteiger partial charge in [-0.05, 0) is 56.0 Å². The average molecular weight is 900 g/mol. The Balaban J connectivity index is 1.64. The second kappa shape index (κ2) is 27.6. The van der Waals surface area contributed by atoms with Crippen LogP contribution in [0, 0.1) is 5.92 Å². The van der Waals surface area contributed by atoms with E-state index in [1.54, 1.807) is 44.2 Å². The van der Waals surface area contributed by atoms with Gasteiger partial charge in [-0.1, -0.05) is 82.9 Å². The number of benzene rings is 2. The maximum absolute atomic E-state index is 13.6. The Morgan fingerprint density at radius 2 is 1.65 bits per heavy atom. The van der Waals surface area contributed by atoms with Crippen LogP contribution in [0.3, 0.4) is 0 Å². The van der Waals surface area contributed by atoms with Crippen molar-refractivity contribution in [1.29, 1.82) is 0 Å². The van der Waals surface area contributed by atoms with Gasteiger partial charge in [-0.3, -0.25) is 24.0 Å². The average Bonchev–Trinajstić information content (AvgIpc) is 3.78. The predicted octanol–water partition coefficient (Wildman–Crippen LogP) is 4.83. The van der Waals surface area contributed by atoms with Crippen LogP contribution in [0.2, 0.25) is 0 Å². The van der Waals surface area contributed by atoms with E-state index in [1.165, 1.54) is 30.3 Å². The van der Waals surface area contributed by atoms with E-state index in [9.17, 15) is 38.6 Å². The van der Waals surface area contributed by atoms with E-state index in [1.807, 2.05) is 13.8 Å². The highest BCUT2D eigenvalue weighted by Crippen LogP contribution is 2.53. The van der Waals surface area contributed by atoms with Crippen molar-refractivity contribution in [2.75, 3.05) is 26.7 Å². The lowest BCUT2D eigenvalue weighted by atomic mass is 9.90. The standard InChI is InChI=1S/C42H56BN4O15P/c1-5-9-12-17-31(34(7-3)47(27-48)58-28-60-63(54,55)59-25-29-15-13-11-14-16-29)39(50)44-26-45-41(52)36-21-20-35(61-36)30-18-19-32(37(23-30)56-8-4)40(51)46-33(24-38(49)62-43)42(53)57-22-10-6-2/h11,13-16,18-21,23,27,31,33-34,54-55H,5-10,12,17,22,24-26,28H2,1-4H3,(H2-,44,45,46,50,51,52)/p+1/t31-,33+,34-/m1/s1. The lowest BCUT2D eigenvalue weighted by Gasteiger charge is -2.32. The summed E-state index contributed by atoms with van der Waals surface area (Å²) in [5, 5.41) is 8.66. The number of nitrogens with zero attached hydrogens (tertiary/aromatic N) is 1. The Labute approximate surface area is 368 Å². The van der Waals surface area contributed by atoms with Crippen molar-refractivity contribution in [2.45, 2.75) is 97.8 Å². The minimum Gasteiger partial charge on any atom is -0.543 e. The zero-order chi connectivity index (χ0) is 46.2. The van der Waals surface area contributed by atoms with Gasteiger partial charge >= 0.3 is 22.2 Å². The van der Waals surface area contributed by atoms with E-state index < -0.39 is 69.0 Å². The Hall–Kier alpha value is -5.37. The SMILES string of the molecule is [B]OC(=O)C[C@H](NC(=O)c1ccc(-c2ccc(C(=O)NCNC(=O)[C@H](CCCCC)[C@@H](CC)N(C=O)OCO[P+](O)(O)OCc3ccccc3)o2)cc1OCC)C(=O)OCCCC. The van der Waals surface area contributed by atoms with Crippen molar-refractivity contribution < 1.29 is 71.0 Å². The molecule has 0 aliphatic rings. The molecular weight excluding hydrogens is 842 g/mol. The molecule has 3 atom stereocenters. The maximum atomic E-state index is 13.6. The molecule has 3 rings (SSSR count). The molecule has 1 heterocycles. The first-order valence-corrected chi connectivity index (χ1v) is 22.2. The van der Waals surface area contributed by atoms with E-state index in [-0.39, 0.29) is 55.7 Å². The summed E-state index contributed by atoms with van der Waals surface area (Å²) in [4.78, 5) is 103.